The van der Waals surface area contributed by atoms with Gasteiger partial charge < -0.3 is 9.64 Å². The van der Waals surface area contributed by atoms with Gasteiger partial charge in [-0.3, -0.25) is 4.79 Å². The molecule has 32 heavy (non-hydrogen) atoms. The molecule has 0 spiro atoms. The zero-order chi connectivity index (χ0) is 22.7. The largest absolute Gasteiger partial charge is 0.493 e. The predicted molar refractivity (Wildman–Crippen MR) is 119 cm³/mol. The molecule has 0 bridgehead atoms. The number of tetrazole rings is 1. The molecule has 7 nitrogen and oxygen atoms in total. The van der Waals surface area contributed by atoms with E-state index in [0.29, 0.717) is 30.6 Å². The van der Waals surface area contributed by atoms with Crippen molar-refractivity contribution in [2.75, 3.05) is 13.2 Å². The number of benzene rings is 1. The van der Waals surface area contributed by atoms with E-state index in [4.69, 9.17) is 4.74 Å². The highest BCUT2D eigenvalue weighted by Gasteiger charge is 2.36. The van der Waals surface area contributed by atoms with Crippen LogP contribution in [0.1, 0.15) is 92.5 Å². The van der Waals surface area contributed by atoms with E-state index in [-0.39, 0.29) is 22.9 Å². The molecule has 1 amide bonds. The van der Waals surface area contributed by atoms with Crippen LogP contribution in [0.25, 0.3) is 0 Å². The van der Waals surface area contributed by atoms with Crippen molar-refractivity contribution in [3.8, 4) is 5.75 Å². The third-order valence-corrected chi connectivity index (χ3v) is 7.15. The summed E-state index contributed by atoms with van der Waals surface area (Å²) in [5.74, 6) is 0.559. The molecule has 2 aliphatic rings. The summed E-state index contributed by atoms with van der Waals surface area (Å²) in [5.41, 5.74) is 1.02. The summed E-state index contributed by atoms with van der Waals surface area (Å²) in [7, 11) is 0. The van der Waals surface area contributed by atoms with Crippen LogP contribution < -0.4 is 4.74 Å². The van der Waals surface area contributed by atoms with Crippen LogP contribution in [-0.2, 0) is 0 Å². The first kappa shape index (κ1) is 22.4. The van der Waals surface area contributed by atoms with E-state index in [0.717, 1.165) is 50.5 Å². The van der Waals surface area contributed by atoms with Crippen molar-refractivity contribution in [1.29, 1.82) is 0 Å². The highest BCUT2D eigenvalue weighted by molar-refractivity contribution is 5.95. The normalized spacial score (nSPS) is 18.7. The van der Waals surface area contributed by atoms with Crippen molar-refractivity contribution >= 4 is 5.91 Å². The Bertz CT molecular complexity index is 954. The van der Waals surface area contributed by atoms with Crippen LogP contribution >= 0.6 is 0 Å². The van der Waals surface area contributed by atoms with E-state index in [1.54, 1.807) is 11.0 Å². The van der Waals surface area contributed by atoms with Gasteiger partial charge in [0, 0.05) is 18.0 Å². The van der Waals surface area contributed by atoms with Gasteiger partial charge in [0.1, 0.15) is 11.6 Å². The fourth-order valence-electron chi connectivity index (χ4n) is 4.67. The number of hydrogen-bond donors (Lipinski definition) is 1. The Hall–Kier alpha value is -2.77. The smallest absolute Gasteiger partial charge is 0.257 e. The topological polar surface area (TPSA) is 84.0 Å². The summed E-state index contributed by atoms with van der Waals surface area (Å²) < 4.78 is 21.4. The highest BCUT2D eigenvalue weighted by atomic mass is 19.1. The fourth-order valence-corrected chi connectivity index (χ4v) is 4.67. The van der Waals surface area contributed by atoms with E-state index in [2.05, 4.69) is 41.1 Å². The van der Waals surface area contributed by atoms with Gasteiger partial charge in [0.05, 0.1) is 18.2 Å². The molecule has 1 aliphatic carbocycles. The molecule has 2 aromatic rings. The van der Waals surface area contributed by atoms with E-state index >= 15 is 4.39 Å². The minimum Gasteiger partial charge on any atom is -0.493 e. The molecule has 0 radical (unpaired) electrons. The van der Waals surface area contributed by atoms with Gasteiger partial charge in [-0.25, -0.2) is 9.49 Å². The Morgan fingerprint density at radius 2 is 2.12 bits per heavy atom. The molecule has 2 fully saturated rings. The minimum atomic E-state index is -0.543. The van der Waals surface area contributed by atoms with E-state index in [1.807, 2.05) is 6.08 Å². The Kier molecular flexibility index (Phi) is 6.58. The molecule has 8 heteroatoms. The average molecular weight is 442 g/mol. The SMILES string of the molecule is C=CCC(CC)(CC)COc1cc(F)c(C(=O)N2CCC[C@H]2c2nnn[nH]2)cc1C1CC1. The van der Waals surface area contributed by atoms with Crippen molar-refractivity contribution in [3.05, 3.63) is 47.6 Å². The number of aromatic amines is 1. The van der Waals surface area contributed by atoms with Crippen LogP contribution in [0.4, 0.5) is 4.39 Å². The summed E-state index contributed by atoms with van der Waals surface area (Å²) in [6, 6.07) is 2.86. The summed E-state index contributed by atoms with van der Waals surface area (Å²) >= 11 is 0. The number of H-pyrrole nitrogens is 1. The van der Waals surface area contributed by atoms with Crippen LogP contribution in [0.2, 0.25) is 0 Å². The van der Waals surface area contributed by atoms with Crippen LogP contribution in [0.3, 0.4) is 0 Å². The Labute approximate surface area is 188 Å². The average Bonchev–Trinajstić information content (AvgIpc) is 3.28. The molecule has 172 valence electrons. The van der Waals surface area contributed by atoms with Gasteiger partial charge in [-0.15, -0.1) is 11.7 Å². The van der Waals surface area contributed by atoms with Crippen LogP contribution in [-0.4, -0.2) is 44.6 Å². The summed E-state index contributed by atoms with van der Waals surface area (Å²) in [5, 5.41) is 13.9. The van der Waals surface area contributed by atoms with Gasteiger partial charge in [-0.2, -0.15) is 0 Å². The second-order valence-corrected chi connectivity index (χ2v) is 9.08. The maximum Gasteiger partial charge on any atom is 0.257 e. The van der Waals surface area contributed by atoms with E-state index < -0.39 is 5.82 Å². The molecule has 1 atom stereocenters. The zero-order valence-corrected chi connectivity index (χ0v) is 18.9. The standard InChI is InChI=1S/C24H32FN5O2/c1-4-11-24(5-2,6-3)15-32-21-14-19(25)18(13-17(21)16-9-10-16)23(31)30-12-7-8-20(30)22-26-28-29-27-22/h4,13-14,16,20H,1,5-12,15H2,2-3H3,(H,26,27,28,29)/t20-/m0/s1. The number of carbonyl (C=O) groups excluding carboxylic acids is 1. The minimum absolute atomic E-state index is 0.0125. The van der Waals surface area contributed by atoms with Crippen molar-refractivity contribution in [2.24, 2.45) is 5.41 Å². The molecule has 2 heterocycles. The second-order valence-electron chi connectivity index (χ2n) is 9.08. The lowest BCUT2D eigenvalue weighted by Crippen LogP contribution is -2.32. The van der Waals surface area contributed by atoms with E-state index in [9.17, 15) is 4.79 Å². The first-order valence-electron chi connectivity index (χ1n) is 11.6. The molecule has 0 unspecified atom stereocenters. The highest BCUT2D eigenvalue weighted by Crippen LogP contribution is 2.46. The number of hydrogen-bond acceptors (Lipinski definition) is 5. The maximum atomic E-state index is 15.2. The molecular formula is C24H32FN5O2. The first-order valence-corrected chi connectivity index (χ1v) is 11.6. The third-order valence-electron chi connectivity index (χ3n) is 7.15. The number of nitrogens with zero attached hydrogens (tertiary/aromatic N) is 4. The number of carbonyl (C=O) groups is 1. The molecule has 1 aromatic heterocycles. The van der Waals surface area contributed by atoms with Gasteiger partial charge in [0.25, 0.3) is 5.91 Å². The molecule has 1 saturated heterocycles. The number of nitrogens with one attached hydrogen (secondary N) is 1. The number of rotatable bonds is 10. The lowest BCUT2D eigenvalue weighted by atomic mass is 9.80. The molecule has 1 aliphatic heterocycles. The number of halogens is 1. The summed E-state index contributed by atoms with van der Waals surface area (Å²) in [4.78, 5) is 15.0. The molecule has 1 aromatic carbocycles. The van der Waals surface area contributed by atoms with Crippen molar-refractivity contribution in [3.63, 3.8) is 0 Å². The van der Waals surface area contributed by atoms with Gasteiger partial charge in [-0.1, -0.05) is 19.9 Å². The predicted octanol–water partition coefficient (Wildman–Crippen LogP) is 4.95. The summed E-state index contributed by atoms with van der Waals surface area (Å²) in [6.07, 6.45) is 8.34. The fraction of sp³-hybridized carbons (Fsp3) is 0.583. The number of aromatic nitrogens is 4. The summed E-state index contributed by atoms with van der Waals surface area (Å²) in [6.45, 7) is 9.25. The second kappa shape index (κ2) is 9.38. The van der Waals surface area contributed by atoms with Gasteiger partial charge in [0.2, 0.25) is 0 Å². The molecular weight excluding hydrogens is 409 g/mol. The van der Waals surface area contributed by atoms with E-state index in [1.165, 1.54) is 6.07 Å². The number of likely N-dealkylation sites (tertiary alicyclic amines) is 1. The first-order chi connectivity index (χ1) is 15.5. The monoisotopic (exact) mass is 441 g/mol. The molecule has 4 rings (SSSR count). The quantitative estimate of drug-likeness (QED) is 0.527. The van der Waals surface area contributed by atoms with Crippen LogP contribution in [0.15, 0.2) is 24.8 Å². The van der Waals surface area contributed by atoms with Gasteiger partial charge in [-0.05, 0) is 72.9 Å². The number of amides is 1. The number of allylic oxidation sites excluding steroid dienone is 1. The number of ether oxygens (including phenoxy) is 1. The molecule has 1 saturated carbocycles. The Morgan fingerprint density at radius 3 is 2.75 bits per heavy atom. The van der Waals surface area contributed by atoms with Crippen LogP contribution in [0.5, 0.6) is 5.75 Å². The zero-order valence-electron chi connectivity index (χ0n) is 18.9. The lowest BCUT2D eigenvalue weighted by Gasteiger charge is -2.31. The maximum absolute atomic E-state index is 15.2. The van der Waals surface area contributed by atoms with Crippen molar-refractivity contribution < 1.29 is 13.9 Å². The lowest BCUT2D eigenvalue weighted by molar-refractivity contribution is 0.0724. The van der Waals surface area contributed by atoms with Crippen LogP contribution in [0, 0.1) is 11.2 Å². The van der Waals surface area contributed by atoms with Gasteiger partial charge >= 0.3 is 0 Å². The Balaban J connectivity index is 1.59. The van der Waals surface area contributed by atoms with Gasteiger partial charge in [0.15, 0.2) is 5.82 Å². The van der Waals surface area contributed by atoms with Crippen molar-refractivity contribution in [2.45, 2.75) is 70.8 Å². The van der Waals surface area contributed by atoms with Crippen molar-refractivity contribution in [1.82, 2.24) is 25.5 Å². The Morgan fingerprint density at radius 1 is 1.34 bits per heavy atom. The molecule has 1 N–H and O–H groups in total. The third kappa shape index (κ3) is 4.40.